The SMILES string of the molecule is CC(NC(=O)c1cc(=O)[nH]c2ccccc12)c1nnc2ccccn12. The molecule has 1 unspecified atom stereocenters. The third-order valence-corrected chi connectivity index (χ3v) is 4.07. The van der Waals surface area contributed by atoms with Crippen molar-refractivity contribution in [1.82, 2.24) is 24.9 Å². The fraction of sp³-hybridized carbons (Fsp3) is 0.111. The van der Waals surface area contributed by atoms with Gasteiger partial charge in [0.15, 0.2) is 11.5 Å². The number of aromatic nitrogens is 4. The van der Waals surface area contributed by atoms with Gasteiger partial charge >= 0.3 is 0 Å². The van der Waals surface area contributed by atoms with Gasteiger partial charge in [-0.25, -0.2) is 0 Å². The molecule has 1 amide bonds. The van der Waals surface area contributed by atoms with Crippen molar-refractivity contribution in [2.45, 2.75) is 13.0 Å². The maximum absolute atomic E-state index is 12.7. The van der Waals surface area contributed by atoms with Crippen LogP contribution in [0.25, 0.3) is 16.6 Å². The number of nitrogens with one attached hydrogen (secondary N) is 2. The van der Waals surface area contributed by atoms with Crippen molar-refractivity contribution in [3.63, 3.8) is 0 Å². The van der Waals surface area contributed by atoms with Crippen molar-refractivity contribution in [2.24, 2.45) is 0 Å². The normalized spacial score (nSPS) is 12.4. The van der Waals surface area contributed by atoms with Crippen molar-refractivity contribution in [2.75, 3.05) is 0 Å². The lowest BCUT2D eigenvalue weighted by Gasteiger charge is -2.13. The highest BCUT2D eigenvalue weighted by Gasteiger charge is 2.18. The zero-order valence-corrected chi connectivity index (χ0v) is 13.4. The van der Waals surface area contributed by atoms with Gasteiger partial charge in [0, 0.05) is 23.2 Å². The summed E-state index contributed by atoms with van der Waals surface area (Å²) < 4.78 is 1.82. The molecule has 0 saturated carbocycles. The molecule has 0 aliphatic rings. The van der Waals surface area contributed by atoms with E-state index in [0.29, 0.717) is 27.9 Å². The maximum atomic E-state index is 12.7. The van der Waals surface area contributed by atoms with Crippen LogP contribution in [0.5, 0.6) is 0 Å². The Morgan fingerprint density at radius 1 is 1.16 bits per heavy atom. The van der Waals surface area contributed by atoms with E-state index in [4.69, 9.17) is 0 Å². The second-order valence-electron chi connectivity index (χ2n) is 5.78. The number of nitrogens with zero attached hydrogens (tertiary/aromatic N) is 3. The van der Waals surface area contributed by atoms with E-state index in [1.165, 1.54) is 6.07 Å². The van der Waals surface area contributed by atoms with Crippen LogP contribution in [0.1, 0.15) is 29.1 Å². The number of H-pyrrole nitrogens is 1. The lowest BCUT2D eigenvalue weighted by atomic mass is 10.1. The number of rotatable bonds is 3. The molecule has 0 aliphatic heterocycles. The minimum Gasteiger partial charge on any atom is -0.342 e. The molecule has 2 N–H and O–H groups in total. The number of hydrogen-bond donors (Lipinski definition) is 2. The summed E-state index contributed by atoms with van der Waals surface area (Å²) in [6, 6.07) is 13.7. The maximum Gasteiger partial charge on any atom is 0.252 e. The van der Waals surface area contributed by atoms with Gasteiger partial charge in [0.05, 0.1) is 11.6 Å². The summed E-state index contributed by atoms with van der Waals surface area (Å²) in [7, 11) is 0. The van der Waals surface area contributed by atoms with Gasteiger partial charge in [0.25, 0.3) is 5.91 Å². The summed E-state index contributed by atoms with van der Waals surface area (Å²) in [5.41, 5.74) is 1.35. The monoisotopic (exact) mass is 333 g/mol. The number of aromatic amines is 1. The number of hydrogen-bond acceptors (Lipinski definition) is 4. The first kappa shape index (κ1) is 15.1. The highest BCUT2D eigenvalue weighted by atomic mass is 16.2. The molecule has 4 rings (SSSR count). The predicted octanol–water partition coefficient (Wildman–Crippen LogP) is 2.06. The third-order valence-electron chi connectivity index (χ3n) is 4.07. The van der Waals surface area contributed by atoms with Gasteiger partial charge in [0.1, 0.15) is 0 Å². The molecule has 3 heterocycles. The van der Waals surface area contributed by atoms with Crippen LogP contribution in [0.4, 0.5) is 0 Å². The van der Waals surface area contributed by atoms with Crippen LogP contribution in [0.15, 0.2) is 59.5 Å². The van der Waals surface area contributed by atoms with Crippen molar-refractivity contribution < 1.29 is 4.79 Å². The summed E-state index contributed by atoms with van der Waals surface area (Å²) >= 11 is 0. The number of fused-ring (bicyclic) bond motifs is 2. The van der Waals surface area contributed by atoms with Crippen LogP contribution in [-0.4, -0.2) is 25.5 Å². The lowest BCUT2D eigenvalue weighted by Crippen LogP contribution is -2.29. The summed E-state index contributed by atoms with van der Waals surface area (Å²) in [5.74, 6) is 0.292. The van der Waals surface area contributed by atoms with Gasteiger partial charge in [-0.3, -0.25) is 14.0 Å². The number of benzene rings is 1. The van der Waals surface area contributed by atoms with Crippen LogP contribution in [0, 0.1) is 0 Å². The number of pyridine rings is 2. The number of para-hydroxylation sites is 1. The first-order valence-corrected chi connectivity index (χ1v) is 7.86. The van der Waals surface area contributed by atoms with Crippen molar-refractivity contribution >= 4 is 22.5 Å². The molecule has 7 nitrogen and oxygen atoms in total. The second kappa shape index (κ2) is 5.86. The van der Waals surface area contributed by atoms with Gasteiger partial charge in [-0.15, -0.1) is 10.2 Å². The Hall–Kier alpha value is -3.48. The number of amides is 1. The van der Waals surface area contributed by atoms with Crippen LogP contribution >= 0.6 is 0 Å². The van der Waals surface area contributed by atoms with E-state index in [2.05, 4.69) is 20.5 Å². The molecule has 0 bridgehead atoms. The zero-order valence-electron chi connectivity index (χ0n) is 13.4. The standard InChI is InChI=1S/C18H15N5O2/c1-11(17-22-21-15-8-4-5-9-23(15)17)19-18(25)13-10-16(24)20-14-7-3-2-6-12(13)14/h2-11H,1H3,(H,19,25)(H,20,24). The van der Waals surface area contributed by atoms with E-state index in [1.807, 2.05) is 47.9 Å². The average molecular weight is 333 g/mol. The molecule has 0 fully saturated rings. The van der Waals surface area contributed by atoms with E-state index in [-0.39, 0.29) is 17.5 Å². The van der Waals surface area contributed by atoms with E-state index < -0.39 is 0 Å². The Labute approximate surface area is 142 Å². The summed E-state index contributed by atoms with van der Waals surface area (Å²) in [6.45, 7) is 1.83. The zero-order chi connectivity index (χ0) is 17.4. The van der Waals surface area contributed by atoms with Crippen LogP contribution in [0.3, 0.4) is 0 Å². The highest BCUT2D eigenvalue weighted by molar-refractivity contribution is 6.06. The topological polar surface area (TPSA) is 92.1 Å². The smallest absolute Gasteiger partial charge is 0.252 e. The quantitative estimate of drug-likeness (QED) is 0.600. The predicted molar refractivity (Wildman–Crippen MR) is 93.4 cm³/mol. The molecule has 0 radical (unpaired) electrons. The van der Waals surface area contributed by atoms with Crippen molar-refractivity contribution in [3.8, 4) is 0 Å². The van der Waals surface area contributed by atoms with Gasteiger partial charge in [-0.1, -0.05) is 24.3 Å². The Kier molecular flexibility index (Phi) is 3.53. The molecule has 3 aromatic heterocycles. The molecule has 124 valence electrons. The number of carbonyl (C=O) groups excluding carboxylic acids is 1. The molecular weight excluding hydrogens is 318 g/mol. The van der Waals surface area contributed by atoms with E-state index in [9.17, 15) is 9.59 Å². The largest absolute Gasteiger partial charge is 0.342 e. The molecule has 0 saturated heterocycles. The summed E-state index contributed by atoms with van der Waals surface area (Å²) in [4.78, 5) is 27.3. The van der Waals surface area contributed by atoms with Crippen LogP contribution in [0.2, 0.25) is 0 Å². The molecule has 4 aromatic rings. The number of carbonyl (C=O) groups is 1. The molecule has 0 spiro atoms. The molecule has 1 aromatic carbocycles. The first-order valence-electron chi connectivity index (χ1n) is 7.86. The fourth-order valence-electron chi connectivity index (χ4n) is 2.89. The Bertz CT molecular complexity index is 1140. The van der Waals surface area contributed by atoms with Gasteiger partial charge < -0.3 is 10.3 Å². The first-order chi connectivity index (χ1) is 12.1. The summed E-state index contributed by atoms with van der Waals surface area (Å²) in [6.07, 6.45) is 1.84. The lowest BCUT2D eigenvalue weighted by molar-refractivity contribution is 0.0939. The van der Waals surface area contributed by atoms with Crippen LogP contribution in [-0.2, 0) is 0 Å². The Morgan fingerprint density at radius 3 is 2.84 bits per heavy atom. The molecule has 7 heteroatoms. The molecule has 25 heavy (non-hydrogen) atoms. The van der Waals surface area contributed by atoms with E-state index in [0.717, 1.165) is 0 Å². The molecular formula is C18H15N5O2. The minimum atomic E-state index is -0.372. The second-order valence-corrected chi connectivity index (χ2v) is 5.78. The van der Waals surface area contributed by atoms with Crippen molar-refractivity contribution in [1.29, 1.82) is 0 Å². The molecule has 1 atom stereocenters. The fourth-order valence-corrected chi connectivity index (χ4v) is 2.89. The minimum absolute atomic E-state index is 0.315. The average Bonchev–Trinajstić information content (AvgIpc) is 3.05. The highest BCUT2D eigenvalue weighted by Crippen LogP contribution is 2.17. The Morgan fingerprint density at radius 2 is 1.96 bits per heavy atom. The van der Waals surface area contributed by atoms with Gasteiger partial charge in [-0.2, -0.15) is 0 Å². The van der Waals surface area contributed by atoms with Gasteiger partial charge in [0.2, 0.25) is 5.56 Å². The van der Waals surface area contributed by atoms with E-state index in [1.54, 1.807) is 12.1 Å². The van der Waals surface area contributed by atoms with Crippen molar-refractivity contribution in [3.05, 3.63) is 76.5 Å². The van der Waals surface area contributed by atoms with E-state index >= 15 is 0 Å². The van der Waals surface area contributed by atoms with Crippen LogP contribution < -0.4 is 10.9 Å². The van der Waals surface area contributed by atoms with Gasteiger partial charge in [-0.05, 0) is 25.1 Å². The third kappa shape index (κ3) is 2.65. The summed E-state index contributed by atoms with van der Waals surface area (Å²) in [5, 5.41) is 11.8. The Balaban J connectivity index is 1.69. The molecule has 0 aliphatic carbocycles.